The van der Waals surface area contributed by atoms with Gasteiger partial charge in [-0.05, 0) is 35.4 Å². The number of nitrogens with one attached hydrogen (secondary N) is 1. The largest absolute Gasteiger partial charge is 0.481 e. The third kappa shape index (κ3) is 2.50. The second-order valence-corrected chi connectivity index (χ2v) is 3.62. The van der Waals surface area contributed by atoms with Crippen molar-refractivity contribution in [3.05, 3.63) is 59.9 Å². The monoisotopic (exact) mass is 229 g/mol. The fraction of sp³-hybridized carbons (Fsp3) is 0.0714. The summed E-state index contributed by atoms with van der Waals surface area (Å²) in [6.45, 7) is 0. The van der Waals surface area contributed by atoms with Crippen LogP contribution in [-0.4, -0.2) is 13.0 Å². The van der Waals surface area contributed by atoms with E-state index in [1.165, 1.54) is 19.2 Å². The van der Waals surface area contributed by atoms with Gasteiger partial charge in [0.05, 0.1) is 7.11 Å². The average Bonchev–Trinajstić information content (AvgIpc) is 2.39. The number of benzene rings is 2. The Morgan fingerprint density at radius 1 is 1.06 bits per heavy atom. The van der Waals surface area contributed by atoms with Crippen LogP contribution in [0.25, 0.3) is 11.1 Å². The van der Waals surface area contributed by atoms with Crippen molar-refractivity contribution < 1.29 is 9.13 Å². The molecule has 1 N–H and O–H groups in total. The fourth-order valence-corrected chi connectivity index (χ4v) is 1.60. The third-order valence-corrected chi connectivity index (χ3v) is 2.51. The molecule has 2 rings (SSSR count). The van der Waals surface area contributed by atoms with Crippen molar-refractivity contribution in [3.8, 4) is 11.1 Å². The van der Waals surface area contributed by atoms with Gasteiger partial charge in [-0.2, -0.15) is 0 Å². The maximum Gasteiger partial charge on any atom is 0.212 e. The molecular formula is C14H12FNO. The van der Waals surface area contributed by atoms with E-state index < -0.39 is 0 Å². The van der Waals surface area contributed by atoms with Gasteiger partial charge in [-0.3, -0.25) is 5.41 Å². The number of halogens is 1. The van der Waals surface area contributed by atoms with E-state index in [-0.39, 0.29) is 11.7 Å². The maximum atomic E-state index is 12.8. The summed E-state index contributed by atoms with van der Waals surface area (Å²) in [6, 6.07) is 13.7. The van der Waals surface area contributed by atoms with Gasteiger partial charge in [0.1, 0.15) is 5.82 Å². The Labute approximate surface area is 99.2 Å². The SMILES string of the molecule is COC(=N)c1cccc(-c2ccc(F)cc2)c1. The first-order valence-electron chi connectivity index (χ1n) is 5.19. The van der Waals surface area contributed by atoms with Crippen LogP contribution in [0.15, 0.2) is 48.5 Å². The highest BCUT2D eigenvalue weighted by Gasteiger charge is 2.03. The molecule has 2 aromatic rings. The summed E-state index contributed by atoms with van der Waals surface area (Å²) in [5, 5.41) is 7.59. The van der Waals surface area contributed by atoms with Crippen LogP contribution >= 0.6 is 0 Å². The number of hydrogen-bond donors (Lipinski definition) is 1. The lowest BCUT2D eigenvalue weighted by molar-refractivity contribution is 0.401. The summed E-state index contributed by atoms with van der Waals surface area (Å²) >= 11 is 0. The van der Waals surface area contributed by atoms with Crippen molar-refractivity contribution in [2.75, 3.05) is 7.11 Å². The number of ether oxygens (including phenoxy) is 1. The van der Waals surface area contributed by atoms with Crippen molar-refractivity contribution in [1.82, 2.24) is 0 Å². The van der Waals surface area contributed by atoms with E-state index in [1.54, 1.807) is 18.2 Å². The Kier molecular flexibility index (Phi) is 3.19. The van der Waals surface area contributed by atoms with Crippen molar-refractivity contribution >= 4 is 5.90 Å². The molecule has 0 radical (unpaired) electrons. The molecule has 0 unspecified atom stereocenters. The second-order valence-electron chi connectivity index (χ2n) is 3.62. The fourth-order valence-electron chi connectivity index (χ4n) is 1.60. The number of hydrogen-bond acceptors (Lipinski definition) is 2. The molecule has 0 aliphatic heterocycles. The molecule has 0 aliphatic rings. The first-order chi connectivity index (χ1) is 8.20. The molecule has 0 fully saturated rings. The molecule has 86 valence electrons. The summed E-state index contributed by atoms with van der Waals surface area (Å²) in [5.74, 6) is -0.136. The van der Waals surface area contributed by atoms with Crippen LogP contribution in [0.4, 0.5) is 4.39 Å². The molecule has 0 aromatic heterocycles. The van der Waals surface area contributed by atoms with Crippen LogP contribution in [0.1, 0.15) is 5.56 Å². The molecule has 0 aliphatic carbocycles. The Morgan fingerprint density at radius 2 is 1.76 bits per heavy atom. The molecule has 17 heavy (non-hydrogen) atoms. The zero-order valence-electron chi connectivity index (χ0n) is 9.41. The van der Waals surface area contributed by atoms with Gasteiger partial charge in [0.2, 0.25) is 5.90 Å². The Balaban J connectivity index is 2.39. The zero-order valence-corrected chi connectivity index (χ0v) is 9.41. The molecule has 0 saturated carbocycles. The predicted octanol–water partition coefficient (Wildman–Crippen LogP) is 3.46. The molecule has 2 aromatic carbocycles. The third-order valence-electron chi connectivity index (χ3n) is 2.51. The lowest BCUT2D eigenvalue weighted by Crippen LogP contribution is -2.00. The Hall–Kier alpha value is -2.16. The first kappa shape index (κ1) is 11.3. The van der Waals surface area contributed by atoms with Crippen LogP contribution in [-0.2, 0) is 4.74 Å². The number of methoxy groups -OCH3 is 1. The minimum atomic E-state index is -0.255. The van der Waals surface area contributed by atoms with Gasteiger partial charge in [-0.25, -0.2) is 4.39 Å². The van der Waals surface area contributed by atoms with Gasteiger partial charge in [0.25, 0.3) is 0 Å². The Bertz CT molecular complexity index is 534. The van der Waals surface area contributed by atoms with E-state index >= 15 is 0 Å². The smallest absolute Gasteiger partial charge is 0.212 e. The van der Waals surface area contributed by atoms with Crippen molar-refractivity contribution in [2.45, 2.75) is 0 Å². The van der Waals surface area contributed by atoms with Crippen LogP contribution in [0, 0.1) is 11.2 Å². The molecule has 2 nitrogen and oxygen atoms in total. The highest BCUT2D eigenvalue weighted by Crippen LogP contribution is 2.21. The minimum Gasteiger partial charge on any atom is -0.481 e. The average molecular weight is 229 g/mol. The molecule has 0 saturated heterocycles. The molecule has 0 heterocycles. The van der Waals surface area contributed by atoms with E-state index in [2.05, 4.69) is 0 Å². The van der Waals surface area contributed by atoms with Gasteiger partial charge >= 0.3 is 0 Å². The van der Waals surface area contributed by atoms with E-state index in [0.29, 0.717) is 5.56 Å². The molecule has 0 spiro atoms. The quantitative estimate of drug-likeness (QED) is 0.620. The molecular weight excluding hydrogens is 217 g/mol. The van der Waals surface area contributed by atoms with Gasteiger partial charge in [-0.15, -0.1) is 0 Å². The van der Waals surface area contributed by atoms with Crippen LogP contribution < -0.4 is 0 Å². The van der Waals surface area contributed by atoms with E-state index in [4.69, 9.17) is 10.1 Å². The standard InChI is InChI=1S/C14H12FNO/c1-17-14(16)12-4-2-3-11(9-12)10-5-7-13(15)8-6-10/h2-9,16H,1H3. The maximum absolute atomic E-state index is 12.8. The summed E-state index contributed by atoms with van der Waals surface area (Å²) in [4.78, 5) is 0. The topological polar surface area (TPSA) is 33.1 Å². The molecule has 0 amide bonds. The van der Waals surface area contributed by atoms with Crippen LogP contribution in [0.2, 0.25) is 0 Å². The highest BCUT2D eigenvalue weighted by atomic mass is 19.1. The van der Waals surface area contributed by atoms with E-state index in [0.717, 1.165) is 11.1 Å². The van der Waals surface area contributed by atoms with Crippen LogP contribution in [0.3, 0.4) is 0 Å². The lowest BCUT2D eigenvalue weighted by atomic mass is 10.0. The summed E-state index contributed by atoms with van der Waals surface area (Å²) in [5.41, 5.74) is 2.55. The molecule has 0 atom stereocenters. The van der Waals surface area contributed by atoms with Gasteiger partial charge in [0, 0.05) is 5.56 Å². The lowest BCUT2D eigenvalue weighted by Gasteiger charge is -2.06. The summed E-state index contributed by atoms with van der Waals surface area (Å²) in [6.07, 6.45) is 0. The molecule has 3 heteroatoms. The summed E-state index contributed by atoms with van der Waals surface area (Å²) < 4.78 is 17.7. The first-order valence-corrected chi connectivity index (χ1v) is 5.19. The Morgan fingerprint density at radius 3 is 2.41 bits per heavy atom. The normalized spacial score (nSPS) is 10.0. The van der Waals surface area contributed by atoms with Crippen molar-refractivity contribution in [1.29, 1.82) is 5.41 Å². The predicted molar refractivity (Wildman–Crippen MR) is 65.7 cm³/mol. The minimum absolute atomic E-state index is 0.119. The van der Waals surface area contributed by atoms with Gasteiger partial charge in [0.15, 0.2) is 0 Å². The van der Waals surface area contributed by atoms with E-state index in [1.807, 2.05) is 18.2 Å². The second kappa shape index (κ2) is 4.78. The summed E-state index contributed by atoms with van der Waals surface area (Å²) in [7, 11) is 1.47. The van der Waals surface area contributed by atoms with E-state index in [9.17, 15) is 4.39 Å². The zero-order chi connectivity index (χ0) is 12.3. The van der Waals surface area contributed by atoms with Gasteiger partial charge < -0.3 is 4.74 Å². The van der Waals surface area contributed by atoms with Crippen molar-refractivity contribution in [3.63, 3.8) is 0 Å². The van der Waals surface area contributed by atoms with Crippen LogP contribution in [0.5, 0.6) is 0 Å². The molecule has 0 bridgehead atoms. The van der Waals surface area contributed by atoms with Gasteiger partial charge in [-0.1, -0.05) is 24.3 Å². The highest BCUT2D eigenvalue weighted by molar-refractivity contribution is 5.92. The van der Waals surface area contributed by atoms with Crippen molar-refractivity contribution in [2.24, 2.45) is 0 Å². The number of rotatable bonds is 2.